The molecule has 4 nitrogen and oxygen atoms in total. The first-order valence-corrected chi connectivity index (χ1v) is 10.4. The fourth-order valence-corrected chi connectivity index (χ4v) is 4.08. The van der Waals surface area contributed by atoms with Gasteiger partial charge in [0.25, 0.3) is 5.91 Å². The van der Waals surface area contributed by atoms with Crippen molar-refractivity contribution in [3.63, 3.8) is 0 Å². The number of H-pyrrole nitrogens is 1. The number of para-hydroxylation sites is 1. The molecule has 4 rings (SSSR count). The molecule has 1 saturated heterocycles. The molecule has 0 aliphatic carbocycles. The summed E-state index contributed by atoms with van der Waals surface area (Å²) < 4.78 is 0. The van der Waals surface area contributed by atoms with E-state index in [4.69, 9.17) is 0 Å². The van der Waals surface area contributed by atoms with E-state index in [1.807, 2.05) is 53.4 Å². The standard InChI is InChI=1S/C24H29N3O/c28-24(23-18-21-12-5-6-13-22(21)25-23)27(19-20-10-3-1-4-11-20)17-9-16-26-14-7-2-8-15-26/h1,3-6,10-13,18,25H,2,7-9,14-17,19H2. The van der Waals surface area contributed by atoms with E-state index in [1.165, 1.54) is 37.9 Å². The summed E-state index contributed by atoms with van der Waals surface area (Å²) in [5.41, 5.74) is 2.86. The second kappa shape index (κ2) is 9.07. The van der Waals surface area contributed by atoms with E-state index in [2.05, 4.69) is 22.0 Å². The van der Waals surface area contributed by atoms with Crippen LogP contribution in [0.2, 0.25) is 0 Å². The van der Waals surface area contributed by atoms with E-state index in [0.29, 0.717) is 12.2 Å². The number of nitrogens with zero attached hydrogens (tertiary/aromatic N) is 2. The van der Waals surface area contributed by atoms with Gasteiger partial charge in [-0.1, -0.05) is 55.0 Å². The number of aromatic nitrogens is 1. The lowest BCUT2D eigenvalue weighted by Crippen LogP contribution is -2.35. The van der Waals surface area contributed by atoms with Crippen molar-refractivity contribution >= 4 is 16.8 Å². The lowest BCUT2D eigenvalue weighted by atomic mass is 10.1. The summed E-state index contributed by atoms with van der Waals surface area (Å²) in [4.78, 5) is 21.1. The number of nitrogens with one attached hydrogen (secondary N) is 1. The average molecular weight is 376 g/mol. The summed E-state index contributed by atoms with van der Waals surface area (Å²) in [5, 5.41) is 1.08. The van der Waals surface area contributed by atoms with Gasteiger partial charge in [0, 0.05) is 24.0 Å². The number of hydrogen-bond donors (Lipinski definition) is 1. The Labute approximate surface area is 167 Å². The molecular formula is C24H29N3O. The molecular weight excluding hydrogens is 346 g/mol. The van der Waals surface area contributed by atoms with Gasteiger partial charge in [0.05, 0.1) is 0 Å². The number of fused-ring (bicyclic) bond motifs is 1. The molecule has 1 fully saturated rings. The minimum atomic E-state index is 0.0821. The van der Waals surface area contributed by atoms with Gasteiger partial charge in [-0.2, -0.15) is 0 Å². The van der Waals surface area contributed by atoms with Gasteiger partial charge in [-0.05, 0) is 56.6 Å². The molecule has 1 amide bonds. The minimum absolute atomic E-state index is 0.0821. The van der Waals surface area contributed by atoms with Crippen molar-refractivity contribution in [2.45, 2.75) is 32.2 Å². The van der Waals surface area contributed by atoms with Gasteiger partial charge in [0.2, 0.25) is 0 Å². The predicted octanol–water partition coefficient (Wildman–Crippen LogP) is 4.69. The molecule has 0 saturated carbocycles. The zero-order valence-corrected chi connectivity index (χ0v) is 16.4. The van der Waals surface area contributed by atoms with Crippen LogP contribution in [-0.4, -0.2) is 46.9 Å². The Bertz CT molecular complexity index is 863. The average Bonchev–Trinajstić information content (AvgIpc) is 3.18. The first-order chi connectivity index (χ1) is 13.8. The quantitative estimate of drug-likeness (QED) is 0.651. The number of aromatic amines is 1. The largest absolute Gasteiger partial charge is 0.351 e. The van der Waals surface area contributed by atoms with E-state index in [-0.39, 0.29) is 5.91 Å². The van der Waals surface area contributed by atoms with Crippen molar-refractivity contribution in [3.8, 4) is 0 Å². The van der Waals surface area contributed by atoms with Crippen LogP contribution in [0.3, 0.4) is 0 Å². The smallest absolute Gasteiger partial charge is 0.270 e. The maximum Gasteiger partial charge on any atom is 0.270 e. The van der Waals surface area contributed by atoms with Crippen LogP contribution in [0.15, 0.2) is 60.7 Å². The van der Waals surface area contributed by atoms with Crippen LogP contribution in [0, 0.1) is 0 Å². The number of benzene rings is 2. The summed E-state index contributed by atoms with van der Waals surface area (Å²) in [5.74, 6) is 0.0821. The minimum Gasteiger partial charge on any atom is -0.351 e. The van der Waals surface area contributed by atoms with E-state index >= 15 is 0 Å². The number of likely N-dealkylation sites (tertiary alicyclic amines) is 1. The maximum atomic E-state index is 13.3. The second-order valence-corrected chi connectivity index (χ2v) is 7.74. The van der Waals surface area contributed by atoms with Crippen molar-refractivity contribution in [1.82, 2.24) is 14.8 Å². The summed E-state index contributed by atoms with van der Waals surface area (Å²) in [7, 11) is 0. The van der Waals surface area contributed by atoms with Gasteiger partial charge in [-0.25, -0.2) is 0 Å². The number of piperidine rings is 1. The Morgan fingerprint density at radius 2 is 1.71 bits per heavy atom. The molecule has 0 bridgehead atoms. The topological polar surface area (TPSA) is 39.3 Å². The van der Waals surface area contributed by atoms with Crippen LogP contribution in [-0.2, 0) is 6.54 Å². The molecule has 28 heavy (non-hydrogen) atoms. The zero-order valence-electron chi connectivity index (χ0n) is 16.4. The highest BCUT2D eigenvalue weighted by Crippen LogP contribution is 2.18. The Morgan fingerprint density at radius 1 is 0.964 bits per heavy atom. The molecule has 0 radical (unpaired) electrons. The van der Waals surface area contributed by atoms with Crippen molar-refractivity contribution in [2.75, 3.05) is 26.2 Å². The van der Waals surface area contributed by atoms with E-state index in [1.54, 1.807) is 0 Å². The molecule has 0 unspecified atom stereocenters. The number of amides is 1. The first kappa shape index (κ1) is 18.8. The van der Waals surface area contributed by atoms with Crippen LogP contribution in [0.25, 0.3) is 10.9 Å². The van der Waals surface area contributed by atoms with E-state index in [0.717, 1.165) is 30.4 Å². The SMILES string of the molecule is O=C(c1cc2ccccc2[nH]1)N(CCCN1CCCCC1)Cc1ccccc1. The fourth-order valence-electron chi connectivity index (χ4n) is 4.08. The molecule has 3 aromatic rings. The molecule has 1 aliphatic rings. The molecule has 146 valence electrons. The number of rotatable bonds is 7. The molecule has 2 heterocycles. The normalized spacial score (nSPS) is 15.0. The van der Waals surface area contributed by atoms with Gasteiger partial charge in [-0.3, -0.25) is 4.79 Å². The Kier molecular flexibility index (Phi) is 6.07. The van der Waals surface area contributed by atoms with Gasteiger partial charge >= 0.3 is 0 Å². The van der Waals surface area contributed by atoms with Crippen LogP contribution in [0.4, 0.5) is 0 Å². The monoisotopic (exact) mass is 375 g/mol. The van der Waals surface area contributed by atoms with E-state index < -0.39 is 0 Å². The highest BCUT2D eigenvalue weighted by atomic mass is 16.2. The number of hydrogen-bond acceptors (Lipinski definition) is 2. The highest BCUT2D eigenvalue weighted by molar-refractivity contribution is 5.98. The first-order valence-electron chi connectivity index (χ1n) is 10.4. The van der Waals surface area contributed by atoms with Gasteiger partial charge in [0.15, 0.2) is 0 Å². The van der Waals surface area contributed by atoms with Gasteiger partial charge in [0.1, 0.15) is 5.69 Å². The molecule has 0 atom stereocenters. The second-order valence-electron chi connectivity index (χ2n) is 7.74. The van der Waals surface area contributed by atoms with Crippen LogP contribution < -0.4 is 0 Å². The van der Waals surface area contributed by atoms with E-state index in [9.17, 15) is 4.79 Å². The molecule has 1 N–H and O–H groups in total. The molecule has 4 heteroatoms. The number of carbonyl (C=O) groups excluding carboxylic acids is 1. The lowest BCUT2D eigenvalue weighted by Gasteiger charge is -2.28. The Morgan fingerprint density at radius 3 is 2.50 bits per heavy atom. The Hall–Kier alpha value is -2.59. The van der Waals surface area contributed by atoms with Crippen LogP contribution >= 0.6 is 0 Å². The predicted molar refractivity (Wildman–Crippen MR) is 114 cm³/mol. The summed E-state index contributed by atoms with van der Waals surface area (Å²) in [6.07, 6.45) is 4.98. The number of carbonyl (C=O) groups is 1. The Balaban J connectivity index is 1.46. The van der Waals surface area contributed by atoms with Crippen molar-refractivity contribution in [1.29, 1.82) is 0 Å². The third kappa shape index (κ3) is 4.63. The van der Waals surface area contributed by atoms with Crippen molar-refractivity contribution in [2.24, 2.45) is 0 Å². The van der Waals surface area contributed by atoms with Gasteiger partial charge in [-0.15, -0.1) is 0 Å². The maximum absolute atomic E-state index is 13.3. The molecule has 0 spiro atoms. The van der Waals surface area contributed by atoms with Crippen LogP contribution in [0.1, 0.15) is 41.7 Å². The summed E-state index contributed by atoms with van der Waals surface area (Å²) >= 11 is 0. The molecule has 2 aromatic carbocycles. The third-order valence-corrected chi connectivity index (χ3v) is 5.61. The molecule has 1 aromatic heterocycles. The lowest BCUT2D eigenvalue weighted by molar-refractivity contribution is 0.0728. The summed E-state index contributed by atoms with van der Waals surface area (Å²) in [6, 6.07) is 20.3. The van der Waals surface area contributed by atoms with Crippen molar-refractivity contribution in [3.05, 3.63) is 71.9 Å². The highest BCUT2D eigenvalue weighted by Gasteiger charge is 2.19. The van der Waals surface area contributed by atoms with Crippen LogP contribution in [0.5, 0.6) is 0 Å². The third-order valence-electron chi connectivity index (χ3n) is 5.61. The fraction of sp³-hybridized carbons (Fsp3) is 0.375. The van der Waals surface area contributed by atoms with Crippen molar-refractivity contribution < 1.29 is 4.79 Å². The zero-order chi connectivity index (χ0) is 19.2. The molecule has 1 aliphatic heterocycles. The summed E-state index contributed by atoms with van der Waals surface area (Å²) in [6.45, 7) is 4.91. The van der Waals surface area contributed by atoms with Gasteiger partial charge < -0.3 is 14.8 Å².